The van der Waals surface area contributed by atoms with Gasteiger partial charge in [-0.3, -0.25) is 4.79 Å². The first kappa shape index (κ1) is 20.8. The van der Waals surface area contributed by atoms with Crippen molar-refractivity contribution < 1.29 is 22.7 Å². The minimum Gasteiger partial charge on any atom is -0.391 e. The third kappa shape index (κ3) is 5.99. The summed E-state index contributed by atoms with van der Waals surface area (Å²) in [6.45, 7) is 1.44. The highest BCUT2D eigenvalue weighted by atomic mass is 35.5. The second-order valence-corrected chi connectivity index (χ2v) is 7.16. The summed E-state index contributed by atoms with van der Waals surface area (Å²) in [4.78, 5) is 11.6. The molecule has 136 valence electrons. The molecule has 0 saturated carbocycles. The molecule has 0 spiro atoms. The summed E-state index contributed by atoms with van der Waals surface area (Å²) in [5.74, 6) is -0.854. The number of carbonyl (C=O) groups is 1. The summed E-state index contributed by atoms with van der Waals surface area (Å²) in [5, 5.41) is 15.3. The van der Waals surface area contributed by atoms with Gasteiger partial charge in [0.15, 0.2) is 0 Å². The molecule has 1 amide bonds. The summed E-state index contributed by atoms with van der Waals surface area (Å²) >= 11 is 0. The van der Waals surface area contributed by atoms with Crippen LogP contribution in [-0.4, -0.2) is 51.7 Å². The maximum absolute atomic E-state index is 12.8. The van der Waals surface area contributed by atoms with Gasteiger partial charge < -0.3 is 15.7 Å². The normalized spacial score (nSPS) is 20.4. The Hall–Kier alpha value is -1.26. The predicted octanol–water partition coefficient (Wildman–Crippen LogP) is -0.388. The van der Waals surface area contributed by atoms with E-state index >= 15 is 0 Å². The van der Waals surface area contributed by atoms with Gasteiger partial charge in [-0.1, -0.05) is 0 Å². The average molecular weight is 382 g/mol. The van der Waals surface area contributed by atoms with Crippen molar-refractivity contribution in [2.45, 2.75) is 17.4 Å². The highest BCUT2D eigenvalue weighted by Gasteiger charge is 2.25. The number of benzene rings is 1. The Labute approximate surface area is 146 Å². The minimum atomic E-state index is -3.76. The average Bonchev–Trinajstić information content (AvgIpc) is 2.91. The molecule has 1 saturated heterocycles. The van der Waals surface area contributed by atoms with Crippen molar-refractivity contribution in [3.63, 3.8) is 0 Å². The minimum absolute atomic E-state index is 0. The first-order chi connectivity index (χ1) is 10.9. The molecule has 2 rings (SSSR count). The molecule has 2 unspecified atom stereocenters. The Balaban J connectivity index is 0.00000288. The molecule has 0 aliphatic carbocycles. The van der Waals surface area contributed by atoms with Crippen LogP contribution in [0.1, 0.15) is 6.42 Å². The second kappa shape index (κ2) is 9.28. The lowest BCUT2D eigenvalue weighted by Crippen LogP contribution is -2.36. The molecule has 0 aromatic heterocycles. The Morgan fingerprint density at radius 3 is 2.54 bits per heavy atom. The molecule has 4 N–H and O–H groups in total. The van der Waals surface area contributed by atoms with E-state index in [0.717, 1.165) is 24.3 Å². The number of carbonyl (C=O) groups excluding carboxylic acids is 1. The van der Waals surface area contributed by atoms with Crippen LogP contribution in [0.4, 0.5) is 4.39 Å². The van der Waals surface area contributed by atoms with Crippen LogP contribution in [0.3, 0.4) is 0 Å². The monoisotopic (exact) mass is 381 g/mol. The van der Waals surface area contributed by atoms with Gasteiger partial charge in [0, 0.05) is 38.5 Å². The molecule has 24 heavy (non-hydrogen) atoms. The van der Waals surface area contributed by atoms with Gasteiger partial charge in [0.2, 0.25) is 15.9 Å². The number of halogens is 2. The molecular weight excluding hydrogens is 361 g/mol. The van der Waals surface area contributed by atoms with Crippen LogP contribution in [0, 0.1) is 11.7 Å². The zero-order chi connectivity index (χ0) is 16.9. The molecule has 1 heterocycles. The van der Waals surface area contributed by atoms with E-state index in [1.807, 2.05) is 0 Å². The van der Waals surface area contributed by atoms with Crippen molar-refractivity contribution >= 4 is 28.3 Å². The molecule has 1 fully saturated rings. The largest absolute Gasteiger partial charge is 0.391 e. The number of aliphatic hydroxyl groups excluding tert-OH is 1. The summed E-state index contributed by atoms with van der Waals surface area (Å²) in [5.41, 5.74) is 0. The van der Waals surface area contributed by atoms with Gasteiger partial charge in [0.25, 0.3) is 0 Å². The lowest BCUT2D eigenvalue weighted by atomic mass is 10.1. The fourth-order valence-electron chi connectivity index (χ4n) is 2.26. The van der Waals surface area contributed by atoms with Crippen molar-refractivity contribution in [2.24, 2.45) is 5.92 Å². The van der Waals surface area contributed by atoms with Crippen LogP contribution in [0.2, 0.25) is 0 Å². The van der Waals surface area contributed by atoms with E-state index in [-0.39, 0.29) is 42.1 Å². The van der Waals surface area contributed by atoms with Crippen LogP contribution in [-0.2, 0) is 14.8 Å². The quantitative estimate of drug-likeness (QED) is 0.514. The Morgan fingerprint density at radius 2 is 1.96 bits per heavy atom. The fourth-order valence-corrected chi connectivity index (χ4v) is 3.29. The SMILES string of the molecule is Cl.O=C(CCNS(=O)(=O)c1ccc(F)cc1)NCC1CNCC1O. The van der Waals surface area contributed by atoms with Crippen molar-refractivity contribution in [1.29, 1.82) is 0 Å². The summed E-state index contributed by atoms with van der Waals surface area (Å²) in [7, 11) is -3.76. The highest BCUT2D eigenvalue weighted by Crippen LogP contribution is 2.09. The van der Waals surface area contributed by atoms with Gasteiger partial charge in [-0.2, -0.15) is 0 Å². The van der Waals surface area contributed by atoms with Gasteiger partial charge in [-0.15, -0.1) is 12.4 Å². The second-order valence-electron chi connectivity index (χ2n) is 5.39. The van der Waals surface area contributed by atoms with Crippen molar-refractivity contribution in [1.82, 2.24) is 15.4 Å². The van der Waals surface area contributed by atoms with Gasteiger partial charge in [0.1, 0.15) is 5.82 Å². The van der Waals surface area contributed by atoms with Gasteiger partial charge >= 0.3 is 0 Å². The lowest BCUT2D eigenvalue weighted by molar-refractivity contribution is -0.121. The molecule has 1 aromatic rings. The molecular formula is C14H21ClFN3O4S. The van der Waals surface area contributed by atoms with Crippen LogP contribution in [0.15, 0.2) is 29.2 Å². The third-order valence-corrected chi connectivity index (χ3v) is 5.11. The van der Waals surface area contributed by atoms with Crippen molar-refractivity contribution in [3.8, 4) is 0 Å². The molecule has 10 heteroatoms. The molecule has 0 bridgehead atoms. The summed E-state index contributed by atoms with van der Waals surface area (Å²) in [6.07, 6.45) is -0.497. The molecule has 0 radical (unpaired) electrons. The third-order valence-electron chi connectivity index (χ3n) is 3.63. The predicted molar refractivity (Wildman–Crippen MR) is 88.8 cm³/mol. The Kier molecular flexibility index (Phi) is 8.04. The van der Waals surface area contributed by atoms with E-state index in [0.29, 0.717) is 19.6 Å². The fraction of sp³-hybridized carbons (Fsp3) is 0.500. The first-order valence-electron chi connectivity index (χ1n) is 7.29. The summed E-state index contributed by atoms with van der Waals surface area (Å²) in [6, 6.07) is 4.43. The maximum atomic E-state index is 12.8. The van der Waals surface area contributed by atoms with Crippen LogP contribution >= 0.6 is 12.4 Å². The van der Waals surface area contributed by atoms with E-state index in [1.54, 1.807) is 0 Å². The van der Waals surface area contributed by atoms with Crippen molar-refractivity contribution in [3.05, 3.63) is 30.1 Å². The smallest absolute Gasteiger partial charge is 0.240 e. The van der Waals surface area contributed by atoms with E-state index in [1.165, 1.54) is 0 Å². The van der Waals surface area contributed by atoms with E-state index < -0.39 is 21.9 Å². The number of aliphatic hydroxyl groups is 1. The topological polar surface area (TPSA) is 108 Å². The molecule has 1 aliphatic heterocycles. The Morgan fingerprint density at radius 1 is 1.29 bits per heavy atom. The number of nitrogens with one attached hydrogen (secondary N) is 3. The van der Waals surface area contributed by atoms with Gasteiger partial charge in [-0.25, -0.2) is 17.5 Å². The number of hydrogen-bond donors (Lipinski definition) is 4. The summed E-state index contributed by atoms with van der Waals surface area (Å²) < 4.78 is 38.9. The molecule has 2 atom stereocenters. The van der Waals surface area contributed by atoms with Crippen LogP contribution in [0.5, 0.6) is 0 Å². The standard InChI is InChI=1S/C14H20FN3O4S.ClH/c15-11-1-3-12(4-2-11)23(21,22)18-6-5-14(20)17-8-10-7-16-9-13(10)19;/h1-4,10,13,16,18-19H,5-9H2,(H,17,20);1H. The van der Waals surface area contributed by atoms with E-state index in [9.17, 15) is 22.7 Å². The van der Waals surface area contributed by atoms with Gasteiger partial charge in [0.05, 0.1) is 11.0 Å². The van der Waals surface area contributed by atoms with Crippen LogP contribution < -0.4 is 15.4 Å². The number of rotatable bonds is 7. The maximum Gasteiger partial charge on any atom is 0.240 e. The highest BCUT2D eigenvalue weighted by molar-refractivity contribution is 7.89. The van der Waals surface area contributed by atoms with E-state index in [4.69, 9.17) is 0 Å². The van der Waals surface area contributed by atoms with Crippen molar-refractivity contribution in [2.75, 3.05) is 26.2 Å². The zero-order valence-corrected chi connectivity index (χ0v) is 14.5. The zero-order valence-electron chi connectivity index (χ0n) is 12.9. The number of amides is 1. The molecule has 1 aliphatic rings. The number of β-amino-alcohol motifs (C(OH)–C–C–N with tert-alkyl or cyclic N) is 1. The van der Waals surface area contributed by atoms with E-state index in [2.05, 4.69) is 15.4 Å². The van der Waals surface area contributed by atoms with Crippen LogP contribution in [0.25, 0.3) is 0 Å². The van der Waals surface area contributed by atoms with Gasteiger partial charge in [-0.05, 0) is 24.3 Å². The number of hydrogen-bond acceptors (Lipinski definition) is 5. The number of sulfonamides is 1. The first-order valence-corrected chi connectivity index (χ1v) is 8.77. The lowest BCUT2D eigenvalue weighted by Gasteiger charge is -2.14. The molecule has 7 nitrogen and oxygen atoms in total. The Bertz CT molecular complexity index is 642. The molecule has 1 aromatic carbocycles.